The molecule has 2 rings (SSSR count). The summed E-state index contributed by atoms with van der Waals surface area (Å²) >= 11 is 0. The van der Waals surface area contributed by atoms with Crippen LogP contribution in [0.2, 0.25) is 0 Å². The van der Waals surface area contributed by atoms with Crippen LogP contribution in [0.1, 0.15) is 11.1 Å². The van der Waals surface area contributed by atoms with Crippen LogP contribution in [0.3, 0.4) is 0 Å². The monoisotopic (exact) mass is 270 g/mol. The lowest BCUT2D eigenvalue weighted by molar-refractivity contribution is -0.137. The number of halogens is 4. The van der Waals surface area contributed by atoms with Crippen LogP contribution in [0.25, 0.3) is 11.1 Å². The third-order valence-electron chi connectivity index (χ3n) is 2.76. The SMILES string of the molecule is OCc1cc(C(F)(F)F)ccc1-c1ccc(F)cc1. The second kappa shape index (κ2) is 5.01. The van der Waals surface area contributed by atoms with Gasteiger partial charge in [0.15, 0.2) is 0 Å². The lowest BCUT2D eigenvalue weighted by Gasteiger charge is -2.12. The van der Waals surface area contributed by atoms with Crippen LogP contribution < -0.4 is 0 Å². The molecule has 1 N–H and O–H groups in total. The molecule has 5 heteroatoms. The topological polar surface area (TPSA) is 20.2 Å². The first-order valence-electron chi connectivity index (χ1n) is 5.49. The molecule has 0 aliphatic carbocycles. The molecule has 0 saturated carbocycles. The highest BCUT2D eigenvalue weighted by Crippen LogP contribution is 2.33. The first kappa shape index (κ1) is 13.5. The summed E-state index contributed by atoms with van der Waals surface area (Å²) in [6.45, 7) is -0.517. The lowest BCUT2D eigenvalue weighted by atomic mass is 9.97. The Balaban J connectivity index is 2.50. The van der Waals surface area contributed by atoms with Crippen LogP contribution in [0.5, 0.6) is 0 Å². The minimum absolute atomic E-state index is 0.154. The fraction of sp³-hybridized carbons (Fsp3) is 0.143. The highest BCUT2D eigenvalue weighted by molar-refractivity contribution is 5.67. The van der Waals surface area contributed by atoms with Crippen molar-refractivity contribution in [3.8, 4) is 11.1 Å². The Morgan fingerprint density at radius 3 is 2.11 bits per heavy atom. The molecular weight excluding hydrogens is 260 g/mol. The average Bonchev–Trinajstić information content (AvgIpc) is 2.38. The van der Waals surface area contributed by atoms with Crippen LogP contribution in [-0.4, -0.2) is 5.11 Å². The van der Waals surface area contributed by atoms with E-state index in [1.54, 1.807) is 0 Å². The number of benzene rings is 2. The van der Waals surface area contributed by atoms with Gasteiger partial charge in [0.25, 0.3) is 0 Å². The predicted molar refractivity (Wildman–Crippen MR) is 62.8 cm³/mol. The van der Waals surface area contributed by atoms with Crippen molar-refractivity contribution in [3.63, 3.8) is 0 Å². The van der Waals surface area contributed by atoms with Crippen LogP contribution in [0, 0.1) is 5.82 Å². The van der Waals surface area contributed by atoms with Crippen molar-refractivity contribution in [1.82, 2.24) is 0 Å². The third kappa shape index (κ3) is 2.93. The molecule has 0 atom stereocenters. The van der Waals surface area contributed by atoms with Crippen molar-refractivity contribution in [1.29, 1.82) is 0 Å². The maximum atomic E-state index is 12.8. The molecule has 0 aliphatic rings. The Labute approximate surface area is 107 Å². The number of aliphatic hydroxyl groups is 1. The molecule has 2 aromatic rings. The molecule has 2 aromatic carbocycles. The minimum Gasteiger partial charge on any atom is -0.392 e. The molecule has 0 saturated heterocycles. The van der Waals surface area contributed by atoms with Gasteiger partial charge in [-0.3, -0.25) is 0 Å². The molecular formula is C14H10F4O. The second-order valence-corrected chi connectivity index (χ2v) is 4.03. The van der Waals surface area contributed by atoms with Gasteiger partial charge in [0.2, 0.25) is 0 Å². The van der Waals surface area contributed by atoms with E-state index >= 15 is 0 Å². The molecule has 19 heavy (non-hydrogen) atoms. The first-order valence-corrected chi connectivity index (χ1v) is 5.49. The Morgan fingerprint density at radius 2 is 1.58 bits per heavy atom. The molecule has 0 aromatic heterocycles. The highest BCUT2D eigenvalue weighted by atomic mass is 19.4. The van der Waals surface area contributed by atoms with E-state index in [1.165, 1.54) is 30.3 Å². The van der Waals surface area contributed by atoms with E-state index in [4.69, 9.17) is 0 Å². The molecule has 100 valence electrons. The summed E-state index contributed by atoms with van der Waals surface area (Å²) in [5.74, 6) is -0.429. The van der Waals surface area contributed by atoms with Crippen LogP contribution in [0.4, 0.5) is 17.6 Å². The fourth-order valence-corrected chi connectivity index (χ4v) is 1.81. The standard InChI is InChI=1S/C14H10F4O/c15-12-4-1-9(2-5-12)13-6-3-11(14(16,17)18)7-10(13)8-19/h1-7,19H,8H2. The molecule has 0 unspecified atom stereocenters. The van der Waals surface area contributed by atoms with Crippen molar-refractivity contribution in [2.24, 2.45) is 0 Å². The molecule has 0 bridgehead atoms. The third-order valence-corrected chi connectivity index (χ3v) is 2.76. The Hall–Kier alpha value is -1.88. The first-order chi connectivity index (χ1) is 8.91. The summed E-state index contributed by atoms with van der Waals surface area (Å²) in [5.41, 5.74) is 0.346. The van der Waals surface area contributed by atoms with Gasteiger partial charge in [-0.05, 0) is 41.0 Å². The van der Waals surface area contributed by atoms with E-state index in [0.29, 0.717) is 11.1 Å². The van der Waals surface area contributed by atoms with Gasteiger partial charge in [-0.15, -0.1) is 0 Å². The van der Waals surface area contributed by atoms with Gasteiger partial charge in [-0.25, -0.2) is 4.39 Å². The fourth-order valence-electron chi connectivity index (χ4n) is 1.81. The Morgan fingerprint density at radius 1 is 0.947 bits per heavy atom. The van der Waals surface area contributed by atoms with E-state index in [1.807, 2.05) is 0 Å². The van der Waals surface area contributed by atoms with E-state index in [9.17, 15) is 22.7 Å². The van der Waals surface area contributed by atoms with Crippen LogP contribution in [-0.2, 0) is 12.8 Å². The largest absolute Gasteiger partial charge is 0.416 e. The van der Waals surface area contributed by atoms with Crippen LogP contribution in [0.15, 0.2) is 42.5 Å². The van der Waals surface area contributed by atoms with Crippen molar-refractivity contribution < 1.29 is 22.7 Å². The number of rotatable bonds is 2. The van der Waals surface area contributed by atoms with E-state index in [2.05, 4.69) is 0 Å². The number of hydrogen-bond donors (Lipinski definition) is 1. The van der Waals surface area contributed by atoms with E-state index < -0.39 is 24.2 Å². The average molecular weight is 270 g/mol. The molecule has 0 heterocycles. The maximum Gasteiger partial charge on any atom is 0.416 e. The molecule has 0 fully saturated rings. The highest BCUT2D eigenvalue weighted by Gasteiger charge is 2.30. The quantitative estimate of drug-likeness (QED) is 0.818. The van der Waals surface area contributed by atoms with Gasteiger partial charge in [0, 0.05) is 0 Å². The number of aliphatic hydroxyl groups excluding tert-OH is 1. The maximum absolute atomic E-state index is 12.8. The molecule has 0 radical (unpaired) electrons. The van der Waals surface area contributed by atoms with Crippen LogP contribution >= 0.6 is 0 Å². The predicted octanol–water partition coefficient (Wildman–Crippen LogP) is 4.00. The molecule has 1 nitrogen and oxygen atoms in total. The van der Waals surface area contributed by atoms with E-state index in [0.717, 1.165) is 12.1 Å². The molecule has 0 amide bonds. The summed E-state index contributed by atoms with van der Waals surface area (Å²) in [7, 11) is 0. The number of alkyl halides is 3. The Kier molecular flexibility index (Phi) is 3.57. The second-order valence-electron chi connectivity index (χ2n) is 4.03. The van der Waals surface area contributed by atoms with Gasteiger partial charge in [0.1, 0.15) is 5.82 Å². The normalized spacial score (nSPS) is 11.6. The zero-order valence-corrected chi connectivity index (χ0v) is 9.71. The smallest absolute Gasteiger partial charge is 0.392 e. The summed E-state index contributed by atoms with van der Waals surface area (Å²) in [6.07, 6.45) is -4.45. The van der Waals surface area contributed by atoms with Crippen molar-refractivity contribution in [2.75, 3.05) is 0 Å². The Bertz CT molecular complexity index is 573. The zero-order chi connectivity index (χ0) is 14.0. The van der Waals surface area contributed by atoms with Gasteiger partial charge >= 0.3 is 6.18 Å². The van der Waals surface area contributed by atoms with Crippen molar-refractivity contribution in [3.05, 3.63) is 59.4 Å². The lowest BCUT2D eigenvalue weighted by Crippen LogP contribution is -2.06. The minimum atomic E-state index is -4.45. The van der Waals surface area contributed by atoms with E-state index in [-0.39, 0.29) is 5.56 Å². The van der Waals surface area contributed by atoms with Gasteiger partial charge in [0.05, 0.1) is 12.2 Å². The summed E-state index contributed by atoms with van der Waals surface area (Å²) in [5, 5.41) is 9.18. The summed E-state index contributed by atoms with van der Waals surface area (Å²) in [6, 6.07) is 8.47. The van der Waals surface area contributed by atoms with Gasteiger partial charge in [-0.1, -0.05) is 18.2 Å². The van der Waals surface area contributed by atoms with Gasteiger partial charge in [-0.2, -0.15) is 13.2 Å². The summed E-state index contributed by atoms with van der Waals surface area (Å²) in [4.78, 5) is 0. The zero-order valence-electron chi connectivity index (χ0n) is 9.71. The molecule has 0 aliphatic heterocycles. The molecule has 0 spiro atoms. The van der Waals surface area contributed by atoms with Crippen molar-refractivity contribution >= 4 is 0 Å². The van der Waals surface area contributed by atoms with Crippen molar-refractivity contribution in [2.45, 2.75) is 12.8 Å². The van der Waals surface area contributed by atoms with Gasteiger partial charge < -0.3 is 5.11 Å². The summed E-state index contributed by atoms with van der Waals surface area (Å²) < 4.78 is 50.5. The number of hydrogen-bond acceptors (Lipinski definition) is 1.